The molecule has 0 atom stereocenters. The second kappa shape index (κ2) is 6.24. The number of hydrogen-bond donors (Lipinski definition) is 1. The topological polar surface area (TPSA) is 55.0 Å². The van der Waals surface area contributed by atoms with Gasteiger partial charge in [-0.1, -0.05) is 12.1 Å². The van der Waals surface area contributed by atoms with Gasteiger partial charge in [-0.15, -0.1) is 0 Å². The molecule has 0 spiro atoms. The summed E-state index contributed by atoms with van der Waals surface area (Å²) in [5, 5.41) is 0. The molecule has 0 aliphatic carbocycles. The number of benzene rings is 1. The van der Waals surface area contributed by atoms with Gasteiger partial charge in [-0.25, -0.2) is 14.4 Å². The lowest BCUT2D eigenvalue weighted by Crippen LogP contribution is -2.22. The Morgan fingerprint density at radius 3 is 2.89 bits per heavy atom. The zero-order valence-electron chi connectivity index (χ0n) is 10.9. The number of aromatic nitrogens is 2. The first-order chi connectivity index (χ1) is 9.19. The first-order valence-corrected chi connectivity index (χ1v) is 6.16. The number of hydrogen-bond acceptors (Lipinski definition) is 4. The van der Waals surface area contributed by atoms with Gasteiger partial charge in [-0.05, 0) is 30.2 Å². The fraction of sp³-hybridized carbons (Fsp3) is 0.286. The summed E-state index contributed by atoms with van der Waals surface area (Å²) in [7, 11) is 1.95. The zero-order valence-corrected chi connectivity index (χ0v) is 10.9. The summed E-state index contributed by atoms with van der Waals surface area (Å²) in [6, 6.07) is 8.49. The second-order valence-electron chi connectivity index (χ2n) is 4.34. The van der Waals surface area contributed by atoms with Gasteiger partial charge >= 0.3 is 0 Å². The third kappa shape index (κ3) is 3.72. The summed E-state index contributed by atoms with van der Waals surface area (Å²) < 4.78 is 13.1. The Morgan fingerprint density at radius 2 is 2.16 bits per heavy atom. The van der Waals surface area contributed by atoms with Crippen molar-refractivity contribution in [1.82, 2.24) is 9.97 Å². The number of anilines is 1. The van der Waals surface area contributed by atoms with Crippen LogP contribution in [0.5, 0.6) is 0 Å². The van der Waals surface area contributed by atoms with Crippen LogP contribution in [-0.2, 0) is 13.0 Å². The summed E-state index contributed by atoms with van der Waals surface area (Å²) >= 11 is 0. The van der Waals surface area contributed by atoms with Gasteiger partial charge < -0.3 is 10.6 Å². The van der Waals surface area contributed by atoms with Gasteiger partial charge in [0.1, 0.15) is 17.5 Å². The summed E-state index contributed by atoms with van der Waals surface area (Å²) in [4.78, 5) is 10.4. The molecule has 0 saturated heterocycles. The van der Waals surface area contributed by atoms with E-state index in [1.54, 1.807) is 18.3 Å². The Labute approximate surface area is 112 Å². The van der Waals surface area contributed by atoms with E-state index in [1.165, 1.54) is 6.07 Å². The number of halogens is 1. The fourth-order valence-electron chi connectivity index (χ4n) is 1.80. The van der Waals surface area contributed by atoms with Crippen molar-refractivity contribution in [1.29, 1.82) is 0 Å². The molecule has 0 saturated carbocycles. The van der Waals surface area contributed by atoms with Crippen LogP contribution in [0.4, 0.5) is 10.2 Å². The molecule has 19 heavy (non-hydrogen) atoms. The van der Waals surface area contributed by atoms with Crippen LogP contribution in [0.25, 0.3) is 0 Å². The number of likely N-dealkylation sites (N-methyl/N-ethyl adjacent to an activating group) is 1. The second-order valence-corrected chi connectivity index (χ2v) is 4.34. The van der Waals surface area contributed by atoms with Crippen LogP contribution < -0.4 is 10.6 Å². The molecule has 4 nitrogen and oxygen atoms in total. The number of nitrogens with two attached hydrogens (primary N) is 1. The molecule has 1 aromatic heterocycles. The van der Waals surface area contributed by atoms with E-state index < -0.39 is 0 Å². The first kappa shape index (κ1) is 13.4. The van der Waals surface area contributed by atoms with Crippen LogP contribution in [0, 0.1) is 5.82 Å². The Morgan fingerprint density at radius 1 is 1.32 bits per heavy atom. The molecule has 0 amide bonds. The maximum atomic E-state index is 13.1. The van der Waals surface area contributed by atoms with Crippen molar-refractivity contribution in [3.05, 3.63) is 53.7 Å². The largest absolute Gasteiger partial charge is 0.359 e. The third-order valence-corrected chi connectivity index (χ3v) is 2.89. The Bertz CT molecular complexity index is 544. The quantitative estimate of drug-likeness (QED) is 0.890. The van der Waals surface area contributed by atoms with E-state index in [4.69, 9.17) is 5.73 Å². The van der Waals surface area contributed by atoms with E-state index >= 15 is 0 Å². The van der Waals surface area contributed by atoms with Crippen LogP contribution in [0.1, 0.15) is 11.4 Å². The Hall–Kier alpha value is -2.01. The first-order valence-electron chi connectivity index (χ1n) is 6.16. The van der Waals surface area contributed by atoms with Gasteiger partial charge in [0.25, 0.3) is 0 Å². The van der Waals surface area contributed by atoms with Crippen molar-refractivity contribution >= 4 is 5.82 Å². The lowest BCUT2D eigenvalue weighted by atomic mass is 10.1. The van der Waals surface area contributed by atoms with E-state index in [1.807, 2.05) is 24.1 Å². The van der Waals surface area contributed by atoms with Crippen LogP contribution in [0.15, 0.2) is 36.5 Å². The van der Waals surface area contributed by atoms with Crippen molar-refractivity contribution in [3.63, 3.8) is 0 Å². The average Bonchev–Trinajstić information content (AvgIpc) is 2.45. The van der Waals surface area contributed by atoms with E-state index in [-0.39, 0.29) is 5.82 Å². The van der Waals surface area contributed by atoms with Crippen molar-refractivity contribution in [2.24, 2.45) is 5.73 Å². The molecule has 0 unspecified atom stereocenters. The summed E-state index contributed by atoms with van der Waals surface area (Å²) in [6.07, 6.45) is 2.46. The number of rotatable bonds is 5. The van der Waals surface area contributed by atoms with E-state index in [0.29, 0.717) is 12.4 Å². The Balaban J connectivity index is 1.99. The monoisotopic (exact) mass is 260 g/mol. The molecule has 0 fully saturated rings. The van der Waals surface area contributed by atoms with Crippen LogP contribution in [0.3, 0.4) is 0 Å². The van der Waals surface area contributed by atoms with Gasteiger partial charge in [-0.3, -0.25) is 0 Å². The third-order valence-electron chi connectivity index (χ3n) is 2.89. The van der Waals surface area contributed by atoms with Crippen molar-refractivity contribution in [2.75, 3.05) is 18.5 Å². The molecule has 0 aliphatic rings. The molecule has 2 N–H and O–H groups in total. The molecule has 0 aliphatic heterocycles. The molecule has 100 valence electrons. The van der Waals surface area contributed by atoms with Crippen LogP contribution >= 0.6 is 0 Å². The minimum Gasteiger partial charge on any atom is -0.359 e. The molecule has 0 bridgehead atoms. The molecule has 5 heteroatoms. The van der Waals surface area contributed by atoms with E-state index in [0.717, 1.165) is 24.3 Å². The van der Waals surface area contributed by atoms with Gasteiger partial charge in [0.2, 0.25) is 0 Å². The zero-order chi connectivity index (χ0) is 13.7. The molecule has 2 rings (SSSR count). The minimum absolute atomic E-state index is 0.201. The number of nitrogens with zero attached hydrogens (tertiary/aromatic N) is 3. The lowest BCUT2D eigenvalue weighted by Gasteiger charge is -2.18. The summed E-state index contributed by atoms with van der Waals surface area (Å²) in [5.74, 6) is 1.24. The molecular weight excluding hydrogens is 243 g/mol. The van der Waals surface area contributed by atoms with Crippen molar-refractivity contribution in [3.8, 4) is 0 Å². The maximum absolute atomic E-state index is 13.1. The molecular formula is C14H17FN4. The SMILES string of the molecule is CN(CCc1cccc(F)c1)c1ccnc(CN)n1. The highest BCUT2D eigenvalue weighted by molar-refractivity contribution is 5.36. The molecule has 2 aromatic rings. The average molecular weight is 260 g/mol. The van der Waals surface area contributed by atoms with Crippen LogP contribution in [0.2, 0.25) is 0 Å². The minimum atomic E-state index is -0.201. The van der Waals surface area contributed by atoms with Gasteiger partial charge in [0.05, 0.1) is 6.54 Å². The highest BCUT2D eigenvalue weighted by atomic mass is 19.1. The lowest BCUT2D eigenvalue weighted by molar-refractivity contribution is 0.625. The Kier molecular flexibility index (Phi) is 4.41. The van der Waals surface area contributed by atoms with Gasteiger partial charge in [0.15, 0.2) is 0 Å². The highest BCUT2D eigenvalue weighted by Gasteiger charge is 2.04. The van der Waals surface area contributed by atoms with Crippen molar-refractivity contribution in [2.45, 2.75) is 13.0 Å². The molecule has 1 heterocycles. The highest BCUT2D eigenvalue weighted by Crippen LogP contribution is 2.10. The predicted octanol–water partition coefficient (Wildman–Crippen LogP) is 1.75. The van der Waals surface area contributed by atoms with E-state index in [2.05, 4.69) is 9.97 Å². The summed E-state index contributed by atoms with van der Waals surface area (Å²) in [6.45, 7) is 1.08. The van der Waals surface area contributed by atoms with E-state index in [9.17, 15) is 4.39 Å². The van der Waals surface area contributed by atoms with Crippen LogP contribution in [-0.4, -0.2) is 23.6 Å². The molecule has 1 aromatic carbocycles. The summed E-state index contributed by atoms with van der Waals surface area (Å²) in [5.41, 5.74) is 6.49. The fourth-order valence-corrected chi connectivity index (χ4v) is 1.80. The molecule has 0 radical (unpaired) electrons. The standard InChI is InChI=1S/C14H17FN4/c1-19(14-5-7-17-13(10-16)18-14)8-6-11-3-2-4-12(15)9-11/h2-5,7,9H,6,8,10,16H2,1H3. The predicted molar refractivity (Wildman–Crippen MR) is 73.3 cm³/mol. The normalized spacial score (nSPS) is 10.5. The smallest absolute Gasteiger partial charge is 0.144 e. The van der Waals surface area contributed by atoms with Crippen molar-refractivity contribution < 1.29 is 4.39 Å². The maximum Gasteiger partial charge on any atom is 0.144 e. The van der Waals surface area contributed by atoms with Gasteiger partial charge in [-0.2, -0.15) is 0 Å². The van der Waals surface area contributed by atoms with Gasteiger partial charge in [0, 0.05) is 19.8 Å².